The molecular weight excluding hydrogens is 250 g/mol. The van der Waals surface area contributed by atoms with E-state index in [1.807, 2.05) is 31.2 Å². The Kier molecular flexibility index (Phi) is 2.61. The minimum atomic E-state index is 0.0512. The van der Waals surface area contributed by atoms with Gasteiger partial charge in [0, 0.05) is 28.4 Å². The lowest BCUT2D eigenvalue weighted by molar-refractivity contribution is 0.557. The molecule has 0 atom stereocenters. The Hall–Kier alpha value is -2.30. The lowest BCUT2D eigenvalue weighted by Crippen LogP contribution is -2.12. The van der Waals surface area contributed by atoms with Gasteiger partial charge in [0.15, 0.2) is 11.5 Å². The predicted octanol–water partition coefficient (Wildman–Crippen LogP) is 2.91. The zero-order chi connectivity index (χ0) is 14.5. The van der Waals surface area contributed by atoms with E-state index in [-0.39, 0.29) is 5.41 Å². The van der Waals surface area contributed by atoms with Crippen molar-refractivity contribution in [1.29, 1.82) is 0 Å². The first-order chi connectivity index (χ1) is 9.36. The van der Waals surface area contributed by atoms with Crippen LogP contribution in [0.5, 0.6) is 0 Å². The van der Waals surface area contributed by atoms with Crippen LogP contribution in [0.4, 0.5) is 5.69 Å². The number of H-pyrrole nitrogens is 1. The molecule has 3 N–H and O–H groups in total. The number of fused-ring (bicyclic) bond motifs is 1. The molecule has 0 amide bonds. The number of benzene rings is 1. The molecule has 0 saturated carbocycles. The molecule has 0 saturated heterocycles. The van der Waals surface area contributed by atoms with Crippen molar-refractivity contribution in [2.75, 3.05) is 5.73 Å². The Morgan fingerprint density at radius 3 is 2.65 bits per heavy atom. The van der Waals surface area contributed by atoms with Crippen molar-refractivity contribution in [3.05, 3.63) is 35.5 Å². The molecule has 0 aliphatic carbocycles. The van der Waals surface area contributed by atoms with Gasteiger partial charge in [-0.3, -0.25) is 5.10 Å². The van der Waals surface area contributed by atoms with Crippen LogP contribution in [0, 0.1) is 6.92 Å². The van der Waals surface area contributed by atoms with Crippen LogP contribution < -0.4 is 5.73 Å². The summed E-state index contributed by atoms with van der Waals surface area (Å²) in [5, 5.41) is 7.79. The summed E-state index contributed by atoms with van der Waals surface area (Å²) in [7, 11) is 0. The Morgan fingerprint density at radius 1 is 1.25 bits per heavy atom. The number of anilines is 1. The van der Waals surface area contributed by atoms with Crippen LogP contribution in [0.25, 0.3) is 17.0 Å². The van der Waals surface area contributed by atoms with Crippen LogP contribution >= 0.6 is 0 Å². The molecule has 20 heavy (non-hydrogen) atoms. The van der Waals surface area contributed by atoms with Crippen LogP contribution in [-0.4, -0.2) is 19.8 Å². The maximum Gasteiger partial charge on any atom is 0.184 e. The third-order valence-corrected chi connectivity index (χ3v) is 3.56. The Balaban J connectivity index is 2.10. The molecule has 0 bridgehead atoms. The van der Waals surface area contributed by atoms with Crippen LogP contribution in [-0.2, 0) is 5.41 Å². The molecule has 0 unspecified atom stereocenters. The number of hydrogen-bond acceptors (Lipinski definition) is 3. The fourth-order valence-corrected chi connectivity index (χ4v) is 2.17. The third kappa shape index (κ3) is 1.95. The van der Waals surface area contributed by atoms with Gasteiger partial charge < -0.3 is 5.73 Å². The highest BCUT2D eigenvalue weighted by atomic mass is 15.5. The van der Waals surface area contributed by atoms with Gasteiger partial charge in [-0.2, -0.15) is 4.63 Å². The van der Waals surface area contributed by atoms with Crippen molar-refractivity contribution >= 4 is 11.3 Å². The average molecular weight is 269 g/mol. The number of nitrogens with one attached hydrogen (secondary N) is 1. The highest BCUT2D eigenvalue weighted by molar-refractivity contribution is 5.68. The van der Waals surface area contributed by atoms with E-state index < -0.39 is 0 Å². The molecule has 3 aromatic rings. The van der Waals surface area contributed by atoms with Gasteiger partial charge >= 0.3 is 0 Å². The monoisotopic (exact) mass is 269 g/mol. The first-order valence-corrected chi connectivity index (χ1v) is 6.68. The van der Waals surface area contributed by atoms with E-state index >= 15 is 0 Å². The first-order valence-electron chi connectivity index (χ1n) is 6.68. The van der Waals surface area contributed by atoms with Crippen LogP contribution in [0.15, 0.2) is 24.3 Å². The van der Waals surface area contributed by atoms with E-state index in [4.69, 9.17) is 5.73 Å². The molecule has 5 nitrogen and oxygen atoms in total. The standard InChI is InChI=1S/C15H19N5/c1-9-10(6-5-7-11(9)16)14-17-13-8-12(15(2,3)4)18-20(13)19-14/h5-8,18H,16H2,1-4H3. The quantitative estimate of drug-likeness (QED) is 0.667. The van der Waals surface area contributed by atoms with Crippen LogP contribution in [0.2, 0.25) is 0 Å². The number of nitrogens with zero attached hydrogens (tertiary/aromatic N) is 3. The summed E-state index contributed by atoms with van der Waals surface area (Å²) in [5.41, 5.74) is 10.7. The van der Waals surface area contributed by atoms with E-state index in [0.717, 1.165) is 28.2 Å². The van der Waals surface area contributed by atoms with Gasteiger partial charge in [-0.15, -0.1) is 5.10 Å². The molecule has 3 rings (SSSR count). The number of rotatable bonds is 1. The zero-order valence-electron chi connectivity index (χ0n) is 12.2. The van der Waals surface area contributed by atoms with Crippen molar-refractivity contribution < 1.29 is 0 Å². The number of aromatic amines is 1. The molecule has 0 fully saturated rings. The summed E-state index contributed by atoms with van der Waals surface area (Å²) in [5.74, 6) is 0.696. The summed E-state index contributed by atoms with van der Waals surface area (Å²) in [4.78, 5) is 4.58. The lowest BCUT2D eigenvalue weighted by Gasteiger charge is -2.14. The summed E-state index contributed by atoms with van der Waals surface area (Å²) >= 11 is 0. The van der Waals surface area contributed by atoms with E-state index in [9.17, 15) is 0 Å². The molecule has 0 spiro atoms. The van der Waals surface area contributed by atoms with Crippen LogP contribution in [0.1, 0.15) is 32.0 Å². The second kappa shape index (κ2) is 4.10. The maximum absolute atomic E-state index is 5.94. The zero-order valence-corrected chi connectivity index (χ0v) is 12.2. The molecule has 1 aromatic carbocycles. The van der Waals surface area contributed by atoms with Gasteiger partial charge in [-0.1, -0.05) is 32.9 Å². The smallest absolute Gasteiger partial charge is 0.184 e. The normalized spacial score (nSPS) is 12.2. The SMILES string of the molecule is Cc1c(N)cccc1-c1nc2cc(C(C)(C)C)[nH]n2n1. The summed E-state index contributed by atoms with van der Waals surface area (Å²) in [6.07, 6.45) is 0. The van der Waals surface area contributed by atoms with E-state index in [1.165, 1.54) is 0 Å². The van der Waals surface area contributed by atoms with Crippen molar-refractivity contribution in [2.45, 2.75) is 33.1 Å². The first kappa shape index (κ1) is 12.7. The molecule has 2 heterocycles. The summed E-state index contributed by atoms with van der Waals surface area (Å²) < 4.78 is 1.72. The molecule has 2 aromatic heterocycles. The van der Waals surface area contributed by atoms with Gasteiger partial charge in [0.1, 0.15) is 0 Å². The van der Waals surface area contributed by atoms with Gasteiger partial charge in [0.05, 0.1) is 0 Å². The second-order valence-corrected chi connectivity index (χ2v) is 6.15. The highest BCUT2D eigenvalue weighted by Gasteiger charge is 2.19. The number of hydrogen-bond donors (Lipinski definition) is 2. The van der Waals surface area contributed by atoms with Crippen LogP contribution in [0.3, 0.4) is 0 Å². The molecule has 0 aliphatic rings. The Morgan fingerprint density at radius 2 is 2.00 bits per heavy atom. The van der Waals surface area contributed by atoms with Gasteiger partial charge in [-0.05, 0) is 18.6 Å². The van der Waals surface area contributed by atoms with Gasteiger partial charge in [0.2, 0.25) is 0 Å². The number of nitrogens with two attached hydrogens (primary N) is 1. The summed E-state index contributed by atoms with van der Waals surface area (Å²) in [6.45, 7) is 8.45. The molecule has 0 aliphatic heterocycles. The average Bonchev–Trinajstić information content (AvgIpc) is 2.89. The van der Waals surface area contributed by atoms with Gasteiger partial charge in [0.25, 0.3) is 0 Å². The van der Waals surface area contributed by atoms with Crippen molar-refractivity contribution in [1.82, 2.24) is 19.8 Å². The minimum absolute atomic E-state index is 0.0512. The lowest BCUT2D eigenvalue weighted by atomic mass is 9.93. The molecule has 5 heteroatoms. The molecular formula is C15H19N5. The van der Waals surface area contributed by atoms with E-state index in [1.54, 1.807) is 4.63 Å². The molecule has 0 radical (unpaired) electrons. The van der Waals surface area contributed by atoms with Crippen molar-refractivity contribution in [3.8, 4) is 11.4 Å². The Labute approximate surface area is 117 Å². The number of nitrogen functional groups attached to an aromatic ring is 1. The predicted molar refractivity (Wildman–Crippen MR) is 80.6 cm³/mol. The fraction of sp³-hybridized carbons (Fsp3) is 0.333. The largest absolute Gasteiger partial charge is 0.398 e. The van der Waals surface area contributed by atoms with Crippen molar-refractivity contribution in [2.24, 2.45) is 0 Å². The highest BCUT2D eigenvalue weighted by Crippen LogP contribution is 2.26. The molecule has 104 valence electrons. The number of aromatic nitrogens is 4. The van der Waals surface area contributed by atoms with E-state index in [2.05, 4.69) is 36.0 Å². The Bertz CT molecular complexity index is 742. The van der Waals surface area contributed by atoms with Gasteiger partial charge in [-0.25, -0.2) is 4.98 Å². The second-order valence-electron chi connectivity index (χ2n) is 6.15. The fourth-order valence-electron chi connectivity index (χ4n) is 2.17. The maximum atomic E-state index is 5.94. The summed E-state index contributed by atoms with van der Waals surface area (Å²) in [6, 6.07) is 7.84. The third-order valence-electron chi connectivity index (χ3n) is 3.56. The van der Waals surface area contributed by atoms with E-state index in [0.29, 0.717) is 5.82 Å². The minimum Gasteiger partial charge on any atom is -0.398 e. The van der Waals surface area contributed by atoms with Crippen molar-refractivity contribution in [3.63, 3.8) is 0 Å². The topological polar surface area (TPSA) is 72.0 Å².